The number of anilines is 1. The molecule has 3 heterocycles. The summed E-state index contributed by atoms with van der Waals surface area (Å²) in [4.78, 5) is 2.25. The van der Waals surface area contributed by atoms with Crippen LogP contribution >= 0.6 is 0 Å². The molecule has 118 valence electrons. The van der Waals surface area contributed by atoms with E-state index in [1.165, 1.54) is 5.56 Å². The Morgan fingerprint density at radius 1 is 1.26 bits per heavy atom. The number of aryl methyl sites for hydroxylation is 2. The van der Waals surface area contributed by atoms with E-state index in [0.29, 0.717) is 0 Å². The first-order valence-electron chi connectivity index (χ1n) is 7.86. The van der Waals surface area contributed by atoms with Crippen LogP contribution in [0.25, 0.3) is 11.3 Å². The molecule has 4 rings (SSSR count). The van der Waals surface area contributed by atoms with Gasteiger partial charge in [0.2, 0.25) is 5.95 Å². The van der Waals surface area contributed by atoms with E-state index in [0.717, 1.165) is 42.4 Å². The van der Waals surface area contributed by atoms with Crippen LogP contribution in [-0.4, -0.2) is 26.5 Å². The molecule has 1 fully saturated rings. The number of aromatic nitrogens is 4. The van der Waals surface area contributed by atoms with Crippen LogP contribution in [0.2, 0.25) is 0 Å². The summed E-state index contributed by atoms with van der Waals surface area (Å²) in [7, 11) is 1.96. The average molecular weight is 309 g/mol. The van der Waals surface area contributed by atoms with Gasteiger partial charge in [0.1, 0.15) is 12.0 Å². The van der Waals surface area contributed by atoms with E-state index in [1.54, 1.807) is 6.33 Å². The first kappa shape index (κ1) is 14.0. The van der Waals surface area contributed by atoms with Crippen LogP contribution in [0, 0.1) is 6.92 Å². The van der Waals surface area contributed by atoms with Crippen LogP contribution < -0.4 is 4.90 Å². The molecule has 0 spiro atoms. The van der Waals surface area contributed by atoms with Gasteiger partial charge in [-0.3, -0.25) is 0 Å². The number of rotatable bonds is 3. The minimum atomic E-state index is 0.195. The van der Waals surface area contributed by atoms with E-state index in [9.17, 15) is 0 Å². The van der Waals surface area contributed by atoms with Gasteiger partial charge in [-0.25, -0.2) is 0 Å². The van der Waals surface area contributed by atoms with Gasteiger partial charge in [-0.15, -0.1) is 10.2 Å². The minimum absolute atomic E-state index is 0.195. The van der Waals surface area contributed by atoms with Crippen molar-refractivity contribution in [2.24, 2.45) is 7.05 Å². The van der Waals surface area contributed by atoms with Crippen LogP contribution in [0.5, 0.6) is 0 Å². The fourth-order valence-electron chi connectivity index (χ4n) is 3.23. The topological polar surface area (TPSA) is 60.0 Å². The zero-order valence-electron chi connectivity index (χ0n) is 13.3. The van der Waals surface area contributed by atoms with Gasteiger partial charge >= 0.3 is 0 Å². The molecule has 1 aliphatic rings. The third-order valence-corrected chi connectivity index (χ3v) is 4.37. The smallest absolute Gasteiger partial charge is 0.227 e. The number of nitrogens with zero attached hydrogens (tertiary/aromatic N) is 5. The molecule has 23 heavy (non-hydrogen) atoms. The summed E-state index contributed by atoms with van der Waals surface area (Å²) >= 11 is 0. The van der Waals surface area contributed by atoms with Gasteiger partial charge in [0, 0.05) is 25.2 Å². The lowest BCUT2D eigenvalue weighted by molar-refractivity contribution is 0.416. The Bertz CT molecular complexity index is 822. The van der Waals surface area contributed by atoms with Crippen molar-refractivity contribution in [3.05, 3.63) is 47.9 Å². The first-order valence-corrected chi connectivity index (χ1v) is 7.86. The Hall–Kier alpha value is -2.63. The second-order valence-electron chi connectivity index (χ2n) is 6.08. The molecule has 3 aromatic rings. The monoisotopic (exact) mass is 309 g/mol. The molecule has 0 amide bonds. The summed E-state index contributed by atoms with van der Waals surface area (Å²) in [6.07, 6.45) is 3.89. The number of hydrogen-bond acceptors (Lipinski definition) is 5. The molecule has 0 saturated carbocycles. The maximum Gasteiger partial charge on any atom is 0.227 e. The van der Waals surface area contributed by atoms with Crippen LogP contribution in [-0.2, 0) is 7.05 Å². The summed E-state index contributed by atoms with van der Waals surface area (Å²) in [6, 6.07) is 10.5. The molecule has 2 aromatic heterocycles. The summed E-state index contributed by atoms with van der Waals surface area (Å²) in [5.41, 5.74) is 3.23. The lowest BCUT2D eigenvalue weighted by atomic mass is 10.1. The predicted octanol–water partition coefficient (Wildman–Crippen LogP) is 3.12. The van der Waals surface area contributed by atoms with Crippen molar-refractivity contribution >= 4 is 5.95 Å². The SMILES string of the molecule is Cc1cccc(-c2cc([C@H]3CCCN3c3nncn3C)no2)c1. The maximum atomic E-state index is 5.59. The van der Waals surface area contributed by atoms with Gasteiger partial charge in [-0.2, -0.15) is 0 Å². The standard InChI is InChI=1S/C17H19N5O/c1-12-5-3-6-13(9-12)16-10-14(20-23-16)15-7-4-8-22(15)17-19-18-11-21(17)2/h3,5-6,9-11,15H,4,7-8H2,1-2H3/t15-/m1/s1. The van der Waals surface area contributed by atoms with E-state index in [4.69, 9.17) is 4.52 Å². The van der Waals surface area contributed by atoms with Crippen molar-refractivity contribution in [3.63, 3.8) is 0 Å². The quantitative estimate of drug-likeness (QED) is 0.744. The van der Waals surface area contributed by atoms with Crippen LogP contribution in [0.15, 0.2) is 41.2 Å². The highest BCUT2D eigenvalue weighted by atomic mass is 16.5. The van der Waals surface area contributed by atoms with Gasteiger partial charge in [-0.05, 0) is 25.8 Å². The molecule has 0 N–H and O–H groups in total. The Morgan fingerprint density at radius 2 is 2.17 bits per heavy atom. The van der Waals surface area contributed by atoms with Crippen molar-refractivity contribution in [2.45, 2.75) is 25.8 Å². The minimum Gasteiger partial charge on any atom is -0.356 e. The highest BCUT2D eigenvalue weighted by Crippen LogP contribution is 2.35. The van der Waals surface area contributed by atoms with E-state index in [-0.39, 0.29) is 6.04 Å². The molecule has 6 nitrogen and oxygen atoms in total. The summed E-state index contributed by atoms with van der Waals surface area (Å²) in [6.45, 7) is 3.04. The van der Waals surface area contributed by atoms with Crippen LogP contribution in [0.1, 0.15) is 30.1 Å². The second-order valence-corrected chi connectivity index (χ2v) is 6.08. The first-order chi connectivity index (χ1) is 11.2. The number of hydrogen-bond donors (Lipinski definition) is 0. The van der Waals surface area contributed by atoms with Crippen molar-refractivity contribution in [1.29, 1.82) is 0 Å². The van der Waals surface area contributed by atoms with Gasteiger partial charge < -0.3 is 14.0 Å². The molecule has 0 bridgehead atoms. The van der Waals surface area contributed by atoms with E-state index < -0.39 is 0 Å². The van der Waals surface area contributed by atoms with Crippen molar-refractivity contribution in [3.8, 4) is 11.3 Å². The zero-order valence-corrected chi connectivity index (χ0v) is 13.3. The largest absolute Gasteiger partial charge is 0.356 e. The zero-order chi connectivity index (χ0) is 15.8. The lowest BCUT2D eigenvalue weighted by Crippen LogP contribution is -2.25. The molecule has 1 aromatic carbocycles. The molecule has 1 saturated heterocycles. The van der Waals surface area contributed by atoms with E-state index in [1.807, 2.05) is 29.8 Å². The molecule has 0 radical (unpaired) electrons. The molecule has 6 heteroatoms. The molecule has 1 atom stereocenters. The fraction of sp³-hybridized carbons (Fsp3) is 0.353. The normalized spacial score (nSPS) is 17.8. The fourth-order valence-corrected chi connectivity index (χ4v) is 3.23. The Morgan fingerprint density at radius 3 is 2.96 bits per heavy atom. The predicted molar refractivity (Wildman–Crippen MR) is 87.0 cm³/mol. The van der Waals surface area contributed by atoms with Crippen LogP contribution in [0.4, 0.5) is 5.95 Å². The molecular formula is C17H19N5O. The third kappa shape index (κ3) is 2.50. The Balaban J connectivity index is 1.65. The highest BCUT2D eigenvalue weighted by Gasteiger charge is 2.31. The summed E-state index contributed by atoms with van der Waals surface area (Å²) in [5, 5.41) is 12.5. The molecular weight excluding hydrogens is 290 g/mol. The van der Waals surface area contributed by atoms with Gasteiger partial charge in [0.15, 0.2) is 5.76 Å². The molecule has 0 aliphatic carbocycles. The van der Waals surface area contributed by atoms with E-state index in [2.05, 4.69) is 39.3 Å². The Kier molecular flexibility index (Phi) is 3.37. The van der Waals surface area contributed by atoms with Crippen molar-refractivity contribution < 1.29 is 4.52 Å². The van der Waals surface area contributed by atoms with Crippen LogP contribution in [0.3, 0.4) is 0 Å². The molecule has 1 aliphatic heterocycles. The third-order valence-electron chi connectivity index (χ3n) is 4.37. The lowest BCUT2D eigenvalue weighted by Gasteiger charge is -2.22. The van der Waals surface area contributed by atoms with Gasteiger partial charge in [0.25, 0.3) is 0 Å². The van der Waals surface area contributed by atoms with Gasteiger partial charge in [-0.1, -0.05) is 28.9 Å². The second kappa shape index (κ2) is 5.53. The van der Waals surface area contributed by atoms with Crippen molar-refractivity contribution in [2.75, 3.05) is 11.4 Å². The average Bonchev–Trinajstić information content (AvgIpc) is 3.26. The summed E-state index contributed by atoms with van der Waals surface area (Å²) in [5.74, 6) is 1.70. The van der Waals surface area contributed by atoms with E-state index >= 15 is 0 Å². The maximum absolute atomic E-state index is 5.59. The highest BCUT2D eigenvalue weighted by molar-refractivity contribution is 5.58. The summed E-state index contributed by atoms with van der Waals surface area (Å²) < 4.78 is 7.54. The van der Waals surface area contributed by atoms with Gasteiger partial charge in [0.05, 0.1) is 6.04 Å². The number of benzene rings is 1. The Labute approximate surface area is 134 Å². The van der Waals surface area contributed by atoms with Crippen molar-refractivity contribution in [1.82, 2.24) is 19.9 Å². The molecule has 0 unspecified atom stereocenters.